The van der Waals surface area contributed by atoms with Gasteiger partial charge in [-0.1, -0.05) is 12.1 Å². The van der Waals surface area contributed by atoms with E-state index in [0.29, 0.717) is 31.9 Å². The Hall–Kier alpha value is -2.56. The molecule has 2 rings (SSSR count). The minimum Gasteiger partial charge on any atom is -0.490 e. The summed E-state index contributed by atoms with van der Waals surface area (Å²) in [4.78, 5) is 11.6. The normalized spacial score (nSPS) is 10.4. The van der Waals surface area contributed by atoms with Crippen LogP contribution in [0.3, 0.4) is 0 Å². The molecule has 0 unspecified atom stereocenters. The number of halogens is 1. The Morgan fingerprint density at radius 1 is 1.08 bits per heavy atom. The first-order chi connectivity index (χ1) is 12.1. The molecule has 134 valence electrons. The van der Waals surface area contributed by atoms with Crippen molar-refractivity contribution in [3.8, 4) is 11.5 Å². The lowest BCUT2D eigenvalue weighted by Crippen LogP contribution is -2.10. The largest absolute Gasteiger partial charge is 0.490 e. The maximum atomic E-state index is 13.8. The molecule has 0 atom stereocenters. The summed E-state index contributed by atoms with van der Waals surface area (Å²) >= 11 is 0. The second kappa shape index (κ2) is 9.06. The predicted octanol–water partition coefficient (Wildman–Crippen LogP) is 4.48. The summed E-state index contributed by atoms with van der Waals surface area (Å²) in [6.07, 6.45) is 0.709. The molecule has 0 bridgehead atoms. The van der Waals surface area contributed by atoms with Crippen LogP contribution in [0.2, 0.25) is 0 Å². The van der Waals surface area contributed by atoms with Crippen molar-refractivity contribution in [2.24, 2.45) is 0 Å². The van der Waals surface area contributed by atoms with Gasteiger partial charge in [-0.15, -0.1) is 0 Å². The Kier molecular flexibility index (Phi) is 6.81. The summed E-state index contributed by atoms with van der Waals surface area (Å²) < 4.78 is 25.0. The Labute approximate surface area is 148 Å². The summed E-state index contributed by atoms with van der Waals surface area (Å²) in [5.41, 5.74) is 1.69. The highest BCUT2D eigenvalue weighted by atomic mass is 19.1. The maximum Gasteiger partial charge on any atom is 0.164 e. The van der Waals surface area contributed by atoms with Crippen molar-refractivity contribution < 1.29 is 18.7 Å². The molecule has 0 aliphatic heterocycles. The van der Waals surface area contributed by atoms with Crippen molar-refractivity contribution in [1.82, 2.24) is 0 Å². The van der Waals surface area contributed by atoms with Crippen LogP contribution in [0.15, 0.2) is 36.4 Å². The topological polar surface area (TPSA) is 47.6 Å². The van der Waals surface area contributed by atoms with Gasteiger partial charge in [0.1, 0.15) is 5.82 Å². The number of rotatable bonds is 9. The first-order valence-corrected chi connectivity index (χ1v) is 8.48. The van der Waals surface area contributed by atoms with Gasteiger partial charge in [-0.05, 0) is 57.0 Å². The Morgan fingerprint density at radius 3 is 2.48 bits per heavy atom. The lowest BCUT2D eigenvalue weighted by atomic mass is 10.1. The standard InChI is InChI=1S/C20H24FNO3/c1-4-24-18-10-9-15(13-19(18)25-5-2)11-12-22-17-8-6-7-16(21)20(17)14(3)23/h6-10,13,22H,4-5,11-12H2,1-3H3. The van der Waals surface area contributed by atoms with Gasteiger partial charge >= 0.3 is 0 Å². The van der Waals surface area contributed by atoms with E-state index in [-0.39, 0.29) is 11.3 Å². The van der Waals surface area contributed by atoms with Crippen LogP contribution in [-0.4, -0.2) is 25.5 Å². The molecule has 2 aromatic carbocycles. The van der Waals surface area contributed by atoms with E-state index in [9.17, 15) is 9.18 Å². The minimum atomic E-state index is -0.503. The second-order valence-corrected chi connectivity index (χ2v) is 5.54. The zero-order valence-electron chi connectivity index (χ0n) is 14.9. The average Bonchev–Trinajstić information content (AvgIpc) is 2.57. The zero-order chi connectivity index (χ0) is 18.2. The molecule has 2 aromatic rings. The first kappa shape index (κ1) is 18.8. The van der Waals surface area contributed by atoms with E-state index in [1.807, 2.05) is 32.0 Å². The molecule has 0 spiro atoms. The van der Waals surface area contributed by atoms with Crippen molar-refractivity contribution in [2.45, 2.75) is 27.2 Å². The molecule has 0 aromatic heterocycles. The summed E-state index contributed by atoms with van der Waals surface area (Å²) in [5.74, 6) is 0.652. The van der Waals surface area contributed by atoms with Gasteiger partial charge in [0.15, 0.2) is 17.3 Å². The molecule has 25 heavy (non-hydrogen) atoms. The fraction of sp³-hybridized carbons (Fsp3) is 0.350. The number of nitrogens with one attached hydrogen (secondary N) is 1. The number of hydrogen-bond donors (Lipinski definition) is 1. The zero-order valence-corrected chi connectivity index (χ0v) is 14.9. The van der Waals surface area contributed by atoms with E-state index in [4.69, 9.17) is 9.47 Å². The Morgan fingerprint density at radius 2 is 1.80 bits per heavy atom. The van der Waals surface area contributed by atoms with Crippen molar-refractivity contribution >= 4 is 11.5 Å². The molecule has 0 saturated carbocycles. The number of carbonyl (C=O) groups is 1. The molecular formula is C20H24FNO3. The van der Waals surface area contributed by atoms with Gasteiger partial charge in [0.25, 0.3) is 0 Å². The monoisotopic (exact) mass is 345 g/mol. The predicted molar refractivity (Wildman–Crippen MR) is 97.4 cm³/mol. The highest BCUT2D eigenvalue weighted by Crippen LogP contribution is 2.29. The highest BCUT2D eigenvalue weighted by Gasteiger charge is 2.12. The molecule has 0 radical (unpaired) electrons. The van der Waals surface area contributed by atoms with E-state index in [2.05, 4.69) is 5.32 Å². The van der Waals surface area contributed by atoms with Gasteiger partial charge in [-0.3, -0.25) is 4.79 Å². The van der Waals surface area contributed by atoms with Crippen LogP contribution < -0.4 is 14.8 Å². The van der Waals surface area contributed by atoms with Crippen LogP contribution in [0, 0.1) is 5.82 Å². The fourth-order valence-electron chi connectivity index (χ4n) is 2.62. The van der Waals surface area contributed by atoms with E-state index in [0.717, 1.165) is 17.1 Å². The van der Waals surface area contributed by atoms with Gasteiger partial charge in [-0.25, -0.2) is 4.39 Å². The van der Waals surface area contributed by atoms with Gasteiger partial charge in [0.2, 0.25) is 0 Å². The number of hydrogen-bond acceptors (Lipinski definition) is 4. The van der Waals surface area contributed by atoms with Gasteiger partial charge in [0, 0.05) is 12.2 Å². The van der Waals surface area contributed by atoms with Crippen molar-refractivity contribution in [3.63, 3.8) is 0 Å². The molecule has 5 heteroatoms. The molecule has 0 aliphatic carbocycles. The third-order valence-electron chi connectivity index (χ3n) is 3.70. The molecule has 0 amide bonds. The highest BCUT2D eigenvalue weighted by molar-refractivity contribution is 5.99. The van der Waals surface area contributed by atoms with Gasteiger partial charge < -0.3 is 14.8 Å². The van der Waals surface area contributed by atoms with Crippen LogP contribution in [0.1, 0.15) is 36.7 Å². The van der Waals surface area contributed by atoms with Gasteiger partial charge in [-0.2, -0.15) is 0 Å². The molecule has 0 saturated heterocycles. The fourth-order valence-corrected chi connectivity index (χ4v) is 2.62. The van der Waals surface area contributed by atoms with Crippen LogP contribution in [0.4, 0.5) is 10.1 Å². The first-order valence-electron chi connectivity index (χ1n) is 8.48. The van der Waals surface area contributed by atoms with Crippen molar-refractivity contribution in [2.75, 3.05) is 25.1 Å². The number of anilines is 1. The van der Waals surface area contributed by atoms with Crippen LogP contribution >= 0.6 is 0 Å². The molecule has 4 nitrogen and oxygen atoms in total. The van der Waals surface area contributed by atoms with E-state index in [1.54, 1.807) is 12.1 Å². The quantitative estimate of drug-likeness (QED) is 0.681. The van der Waals surface area contributed by atoms with E-state index < -0.39 is 5.82 Å². The molecule has 0 aliphatic rings. The molecular weight excluding hydrogens is 321 g/mol. The average molecular weight is 345 g/mol. The number of ketones is 1. The third kappa shape index (κ3) is 4.95. The van der Waals surface area contributed by atoms with E-state index >= 15 is 0 Å². The maximum absolute atomic E-state index is 13.8. The summed E-state index contributed by atoms with van der Waals surface area (Å²) in [6, 6.07) is 10.4. The minimum absolute atomic E-state index is 0.101. The summed E-state index contributed by atoms with van der Waals surface area (Å²) in [5, 5.41) is 3.14. The van der Waals surface area contributed by atoms with Crippen molar-refractivity contribution in [1.29, 1.82) is 0 Å². The lowest BCUT2D eigenvalue weighted by molar-refractivity contribution is 0.101. The van der Waals surface area contributed by atoms with E-state index in [1.165, 1.54) is 13.0 Å². The molecule has 0 fully saturated rings. The number of carbonyl (C=O) groups excluding carboxylic acids is 1. The summed E-state index contributed by atoms with van der Waals surface area (Å²) in [7, 11) is 0. The Balaban J connectivity index is 2.06. The van der Waals surface area contributed by atoms with Crippen molar-refractivity contribution in [3.05, 3.63) is 53.3 Å². The smallest absolute Gasteiger partial charge is 0.164 e. The SMILES string of the molecule is CCOc1ccc(CCNc2cccc(F)c2C(C)=O)cc1OCC. The lowest BCUT2D eigenvalue weighted by Gasteiger charge is -2.14. The second-order valence-electron chi connectivity index (χ2n) is 5.54. The number of Topliss-reactive ketones (excluding diaryl/α,β-unsaturated/α-hetero) is 1. The Bertz CT molecular complexity index is 731. The molecule has 0 heterocycles. The number of benzene rings is 2. The summed E-state index contributed by atoms with van der Waals surface area (Å²) in [6.45, 7) is 6.94. The van der Waals surface area contributed by atoms with Crippen LogP contribution in [0.25, 0.3) is 0 Å². The molecule has 1 N–H and O–H groups in total. The van der Waals surface area contributed by atoms with Crippen LogP contribution in [-0.2, 0) is 6.42 Å². The van der Waals surface area contributed by atoms with Gasteiger partial charge in [0.05, 0.1) is 18.8 Å². The van der Waals surface area contributed by atoms with Crippen LogP contribution in [0.5, 0.6) is 11.5 Å². The third-order valence-corrected chi connectivity index (χ3v) is 3.70. The number of ether oxygens (including phenoxy) is 2.